The molecule has 0 atom stereocenters. The van der Waals surface area contributed by atoms with Gasteiger partial charge in [0.1, 0.15) is 22.9 Å². The van der Waals surface area contributed by atoms with Crippen molar-refractivity contribution in [3.05, 3.63) is 86.7 Å². The molecular formula is C23H18Br2N2O3. The van der Waals surface area contributed by atoms with E-state index in [1.807, 2.05) is 73.7 Å². The zero-order valence-corrected chi connectivity index (χ0v) is 19.5. The number of aldehydes is 1. The molecule has 5 nitrogen and oxygen atoms in total. The second kappa shape index (κ2) is 10.3. The van der Waals surface area contributed by atoms with Gasteiger partial charge in [0.25, 0.3) is 0 Å². The molecule has 0 saturated heterocycles. The molecule has 2 aromatic carbocycles. The van der Waals surface area contributed by atoms with Gasteiger partial charge in [-0.25, -0.2) is 0 Å². The van der Waals surface area contributed by atoms with Crippen molar-refractivity contribution in [3.63, 3.8) is 0 Å². The third kappa shape index (κ3) is 5.23. The Morgan fingerprint density at radius 3 is 1.63 bits per heavy atom. The van der Waals surface area contributed by atoms with E-state index in [4.69, 9.17) is 9.05 Å². The summed E-state index contributed by atoms with van der Waals surface area (Å²) in [7, 11) is 0. The van der Waals surface area contributed by atoms with E-state index in [9.17, 15) is 4.79 Å². The van der Waals surface area contributed by atoms with Crippen LogP contribution in [0.15, 0.2) is 73.1 Å². The minimum atomic E-state index is 0.524. The quantitative estimate of drug-likeness (QED) is 0.261. The van der Waals surface area contributed by atoms with Crippen molar-refractivity contribution in [1.29, 1.82) is 0 Å². The van der Waals surface area contributed by atoms with Crippen LogP contribution in [0.2, 0.25) is 0 Å². The van der Waals surface area contributed by atoms with Crippen molar-refractivity contribution in [2.45, 2.75) is 13.8 Å². The molecule has 0 aliphatic carbocycles. The standard InChI is InChI=1S/C12H9Br2NO.C11H9NO2/c1-8-10(7-11(13)14)12(15-16-8)9-5-3-2-4-6-9;1-8-10(7-13)11(12-14-8)9-5-3-2-4-6-9/h2-7H,1H3;2-7H,1H3. The summed E-state index contributed by atoms with van der Waals surface area (Å²) in [4.78, 5) is 10.8. The lowest BCUT2D eigenvalue weighted by molar-refractivity contribution is 0.112. The molecule has 4 rings (SSSR count). The van der Waals surface area contributed by atoms with Gasteiger partial charge in [0, 0.05) is 16.7 Å². The fourth-order valence-corrected chi connectivity index (χ4v) is 3.24. The second-order valence-corrected chi connectivity index (χ2v) is 9.06. The molecule has 2 heterocycles. The number of carbonyl (C=O) groups excluding carboxylic acids is 1. The molecule has 4 aromatic rings. The Morgan fingerprint density at radius 2 is 1.20 bits per heavy atom. The van der Waals surface area contributed by atoms with Gasteiger partial charge in [0.15, 0.2) is 6.29 Å². The van der Waals surface area contributed by atoms with E-state index in [-0.39, 0.29) is 0 Å². The molecule has 7 heteroatoms. The fourth-order valence-electron chi connectivity index (χ4n) is 2.78. The number of rotatable bonds is 4. The van der Waals surface area contributed by atoms with Crippen molar-refractivity contribution in [1.82, 2.24) is 10.3 Å². The van der Waals surface area contributed by atoms with Crippen LogP contribution in [-0.2, 0) is 0 Å². The van der Waals surface area contributed by atoms with Crippen molar-refractivity contribution < 1.29 is 13.8 Å². The highest BCUT2D eigenvalue weighted by atomic mass is 79.9. The van der Waals surface area contributed by atoms with E-state index in [2.05, 4.69) is 42.2 Å². The molecule has 30 heavy (non-hydrogen) atoms. The first-order valence-electron chi connectivity index (χ1n) is 9.02. The summed E-state index contributed by atoms with van der Waals surface area (Å²) in [5.74, 6) is 1.36. The van der Waals surface area contributed by atoms with E-state index < -0.39 is 0 Å². The first-order valence-corrected chi connectivity index (χ1v) is 10.6. The van der Waals surface area contributed by atoms with Crippen molar-refractivity contribution in [2.75, 3.05) is 0 Å². The van der Waals surface area contributed by atoms with Crippen LogP contribution in [0, 0.1) is 13.8 Å². The van der Waals surface area contributed by atoms with E-state index in [0.29, 0.717) is 17.0 Å². The molecule has 0 aliphatic heterocycles. The van der Waals surface area contributed by atoms with Crippen LogP contribution in [0.1, 0.15) is 27.4 Å². The highest BCUT2D eigenvalue weighted by Crippen LogP contribution is 2.29. The minimum Gasteiger partial charge on any atom is -0.360 e. The largest absolute Gasteiger partial charge is 0.360 e. The van der Waals surface area contributed by atoms with Gasteiger partial charge in [-0.15, -0.1) is 0 Å². The summed E-state index contributed by atoms with van der Waals surface area (Å²) in [6.45, 7) is 3.62. The van der Waals surface area contributed by atoms with Gasteiger partial charge in [-0.2, -0.15) is 0 Å². The molecule has 0 unspecified atom stereocenters. The molecule has 0 N–H and O–H groups in total. The van der Waals surface area contributed by atoms with Crippen LogP contribution in [0.3, 0.4) is 0 Å². The number of hydrogen-bond acceptors (Lipinski definition) is 5. The molecule has 0 radical (unpaired) electrons. The number of aromatic nitrogens is 2. The molecular weight excluding hydrogens is 512 g/mol. The first kappa shape index (κ1) is 21.9. The van der Waals surface area contributed by atoms with Crippen molar-refractivity contribution in [2.24, 2.45) is 0 Å². The Kier molecular flexibility index (Phi) is 7.54. The predicted molar refractivity (Wildman–Crippen MR) is 125 cm³/mol. The maximum Gasteiger partial charge on any atom is 0.155 e. The minimum absolute atomic E-state index is 0.524. The van der Waals surface area contributed by atoms with E-state index in [1.54, 1.807) is 6.92 Å². The summed E-state index contributed by atoms with van der Waals surface area (Å²) in [5.41, 5.74) is 4.91. The molecule has 0 spiro atoms. The first-order chi connectivity index (χ1) is 14.5. The van der Waals surface area contributed by atoms with Gasteiger partial charge in [-0.1, -0.05) is 71.0 Å². The Morgan fingerprint density at radius 1 is 0.767 bits per heavy atom. The zero-order chi connectivity index (χ0) is 21.5. The van der Waals surface area contributed by atoms with Gasteiger partial charge in [0.05, 0.1) is 8.96 Å². The highest BCUT2D eigenvalue weighted by Gasteiger charge is 2.13. The molecule has 0 amide bonds. The number of halogens is 2. The summed E-state index contributed by atoms with van der Waals surface area (Å²) in [6, 6.07) is 19.5. The number of aryl methyl sites for hydroxylation is 2. The smallest absolute Gasteiger partial charge is 0.155 e. The third-order valence-electron chi connectivity index (χ3n) is 4.28. The van der Waals surface area contributed by atoms with Gasteiger partial charge < -0.3 is 9.05 Å². The summed E-state index contributed by atoms with van der Waals surface area (Å²) >= 11 is 6.69. The van der Waals surface area contributed by atoms with Crippen LogP contribution >= 0.6 is 31.9 Å². The maximum absolute atomic E-state index is 10.8. The van der Waals surface area contributed by atoms with Crippen LogP contribution < -0.4 is 0 Å². The lowest BCUT2D eigenvalue weighted by Crippen LogP contribution is -1.85. The lowest BCUT2D eigenvalue weighted by Gasteiger charge is -1.97. The van der Waals surface area contributed by atoms with Crippen molar-refractivity contribution in [3.8, 4) is 22.5 Å². The molecule has 2 aromatic heterocycles. The monoisotopic (exact) mass is 528 g/mol. The molecule has 0 aliphatic rings. The van der Waals surface area contributed by atoms with Crippen LogP contribution in [0.5, 0.6) is 0 Å². The second-order valence-electron chi connectivity index (χ2n) is 6.29. The number of nitrogens with zero attached hydrogens (tertiary/aromatic N) is 2. The number of benzene rings is 2. The molecule has 0 fully saturated rings. The average Bonchev–Trinajstić information content (AvgIpc) is 3.32. The van der Waals surface area contributed by atoms with E-state index in [1.165, 1.54) is 0 Å². The Balaban J connectivity index is 0.000000172. The topological polar surface area (TPSA) is 69.1 Å². The molecule has 0 saturated carbocycles. The van der Waals surface area contributed by atoms with Crippen LogP contribution in [0.4, 0.5) is 0 Å². The Bertz CT molecular complexity index is 1150. The zero-order valence-electron chi connectivity index (χ0n) is 16.3. The van der Waals surface area contributed by atoms with Gasteiger partial charge in [-0.3, -0.25) is 4.79 Å². The van der Waals surface area contributed by atoms with Crippen LogP contribution in [-0.4, -0.2) is 16.6 Å². The number of hydrogen-bond donors (Lipinski definition) is 0. The van der Waals surface area contributed by atoms with Gasteiger partial charge in [-0.05, 0) is 51.8 Å². The third-order valence-corrected chi connectivity index (χ3v) is 4.74. The van der Waals surface area contributed by atoms with Crippen molar-refractivity contribution >= 4 is 44.2 Å². The molecule has 0 bridgehead atoms. The maximum atomic E-state index is 10.8. The summed E-state index contributed by atoms with van der Waals surface area (Å²) in [5, 5.41) is 7.93. The predicted octanol–water partition coefficient (Wildman–Crippen LogP) is 7.20. The number of carbonyl (C=O) groups is 1. The van der Waals surface area contributed by atoms with E-state index in [0.717, 1.165) is 37.8 Å². The highest BCUT2D eigenvalue weighted by molar-refractivity contribution is 9.28. The Hall–Kier alpha value is -2.77. The lowest BCUT2D eigenvalue weighted by atomic mass is 10.1. The Labute approximate surface area is 191 Å². The van der Waals surface area contributed by atoms with E-state index >= 15 is 0 Å². The summed E-state index contributed by atoms with van der Waals surface area (Å²) in [6.07, 6.45) is 2.71. The van der Waals surface area contributed by atoms with Gasteiger partial charge >= 0.3 is 0 Å². The molecule has 152 valence electrons. The average molecular weight is 530 g/mol. The van der Waals surface area contributed by atoms with Crippen LogP contribution in [0.25, 0.3) is 28.6 Å². The normalized spacial score (nSPS) is 10.1. The fraction of sp³-hybridized carbons (Fsp3) is 0.0870. The summed E-state index contributed by atoms with van der Waals surface area (Å²) < 4.78 is 11.0. The SMILES string of the molecule is Cc1onc(-c2ccccc2)c1C=C(Br)Br.Cc1onc(-c2ccccc2)c1C=O. The van der Waals surface area contributed by atoms with Gasteiger partial charge in [0.2, 0.25) is 0 Å².